The predicted molar refractivity (Wildman–Crippen MR) is 92.4 cm³/mol. The largest absolute Gasteiger partial charge is 0.368 e. The maximum atomic E-state index is 12.4. The van der Waals surface area contributed by atoms with E-state index >= 15 is 0 Å². The molecule has 0 spiro atoms. The van der Waals surface area contributed by atoms with Crippen LogP contribution in [0.4, 0.5) is 11.8 Å². The lowest BCUT2D eigenvalue weighted by atomic mass is 10.1. The third-order valence-electron chi connectivity index (χ3n) is 3.51. The molecule has 24 heavy (non-hydrogen) atoms. The first-order chi connectivity index (χ1) is 11.5. The van der Waals surface area contributed by atoms with Crippen molar-refractivity contribution in [2.24, 2.45) is 0 Å². The van der Waals surface area contributed by atoms with Crippen LogP contribution in [-0.4, -0.2) is 25.7 Å². The number of nitrogens with zero attached hydrogens (tertiary/aromatic N) is 4. The lowest BCUT2D eigenvalue weighted by molar-refractivity contribution is 0.102. The fourth-order valence-corrected chi connectivity index (χ4v) is 2.21. The molecule has 7 nitrogen and oxygen atoms in total. The van der Waals surface area contributed by atoms with Crippen molar-refractivity contribution >= 4 is 17.7 Å². The number of nitrogens with two attached hydrogens (primary N) is 1. The van der Waals surface area contributed by atoms with Crippen LogP contribution in [0.3, 0.4) is 0 Å². The van der Waals surface area contributed by atoms with E-state index in [1.54, 1.807) is 35.3 Å². The van der Waals surface area contributed by atoms with Crippen molar-refractivity contribution in [3.05, 3.63) is 54.5 Å². The first kappa shape index (κ1) is 15.7. The van der Waals surface area contributed by atoms with Crippen LogP contribution in [-0.2, 0) is 0 Å². The quantitative estimate of drug-likeness (QED) is 0.769. The summed E-state index contributed by atoms with van der Waals surface area (Å²) in [5.74, 6) is 0.519. The van der Waals surface area contributed by atoms with Crippen molar-refractivity contribution in [1.29, 1.82) is 0 Å². The summed E-state index contributed by atoms with van der Waals surface area (Å²) >= 11 is 0. The minimum absolute atomic E-state index is 0.216. The van der Waals surface area contributed by atoms with Gasteiger partial charge >= 0.3 is 0 Å². The first-order valence-electron chi connectivity index (χ1n) is 7.57. The standard InChI is InChI=1S/C17H18N6O/c1-11(2)23-7-6-15(22-23)21-16(24)13-5-3-4-12(8-13)14-9-19-17(18)20-10-14/h3-11H,1-2H3,(H2,18,19,20)(H,21,22,24). The van der Waals surface area contributed by atoms with E-state index in [2.05, 4.69) is 20.4 Å². The third kappa shape index (κ3) is 3.40. The van der Waals surface area contributed by atoms with Crippen molar-refractivity contribution in [2.45, 2.75) is 19.9 Å². The molecule has 0 fully saturated rings. The van der Waals surface area contributed by atoms with E-state index in [0.717, 1.165) is 11.1 Å². The summed E-state index contributed by atoms with van der Waals surface area (Å²) in [7, 11) is 0. The fourth-order valence-electron chi connectivity index (χ4n) is 2.21. The zero-order valence-corrected chi connectivity index (χ0v) is 13.5. The molecule has 1 aromatic carbocycles. The number of anilines is 2. The van der Waals surface area contributed by atoms with Gasteiger partial charge in [-0.05, 0) is 31.5 Å². The Morgan fingerprint density at radius 3 is 2.58 bits per heavy atom. The van der Waals surface area contributed by atoms with Crippen molar-refractivity contribution < 1.29 is 4.79 Å². The molecule has 3 aromatic rings. The molecule has 0 bridgehead atoms. The van der Waals surface area contributed by atoms with Gasteiger partial charge in [-0.1, -0.05) is 12.1 Å². The molecule has 0 aliphatic rings. The molecular formula is C17H18N6O. The molecule has 0 radical (unpaired) electrons. The minimum atomic E-state index is -0.220. The number of hydrogen-bond donors (Lipinski definition) is 2. The van der Waals surface area contributed by atoms with Crippen LogP contribution < -0.4 is 11.1 Å². The molecule has 7 heteroatoms. The number of benzene rings is 1. The number of carbonyl (C=O) groups is 1. The normalized spacial score (nSPS) is 10.8. The summed E-state index contributed by atoms with van der Waals surface area (Å²) < 4.78 is 1.79. The molecule has 122 valence electrons. The smallest absolute Gasteiger partial charge is 0.256 e. The van der Waals surface area contributed by atoms with E-state index in [4.69, 9.17) is 5.73 Å². The summed E-state index contributed by atoms with van der Waals surface area (Å²) in [5, 5.41) is 7.12. The monoisotopic (exact) mass is 322 g/mol. The number of nitrogens with one attached hydrogen (secondary N) is 1. The van der Waals surface area contributed by atoms with Crippen LogP contribution >= 0.6 is 0 Å². The number of amides is 1. The molecule has 0 aliphatic heterocycles. The summed E-state index contributed by atoms with van der Waals surface area (Å²) in [5.41, 5.74) is 7.66. The van der Waals surface area contributed by atoms with E-state index in [0.29, 0.717) is 11.4 Å². The Bertz CT molecular complexity index is 854. The van der Waals surface area contributed by atoms with Crippen LogP contribution in [0.5, 0.6) is 0 Å². The average Bonchev–Trinajstić information content (AvgIpc) is 3.04. The summed E-state index contributed by atoms with van der Waals surface area (Å²) in [6, 6.07) is 9.24. The molecule has 0 saturated heterocycles. The second kappa shape index (κ2) is 6.49. The van der Waals surface area contributed by atoms with Gasteiger partial charge in [-0.3, -0.25) is 9.48 Å². The van der Waals surface area contributed by atoms with Crippen LogP contribution in [0.1, 0.15) is 30.2 Å². The van der Waals surface area contributed by atoms with Gasteiger partial charge in [-0.25, -0.2) is 9.97 Å². The molecule has 1 amide bonds. The van der Waals surface area contributed by atoms with E-state index in [9.17, 15) is 4.79 Å². The first-order valence-corrected chi connectivity index (χ1v) is 7.57. The Balaban J connectivity index is 1.80. The van der Waals surface area contributed by atoms with Gasteiger partial charge in [-0.2, -0.15) is 5.10 Å². The molecular weight excluding hydrogens is 304 g/mol. The Morgan fingerprint density at radius 2 is 1.92 bits per heavy atom. The topological polar surface area (TPSA) is 98.7 Å². The maximum absolute atomic E-state index is 12.4. The Labute approximate surface area is 139 Å². The molecule has 0 unspecified atom stereocenters. The Morgan fingerprint density at radius 1 is 1.17 bits per heavy atom. The van der Waals surface area contributed by atoms with E-state index in [1.165, 1.54) is 0 Å². The highest BCUT2D eigenvalue weighted by molar-refractivity contribution is 6.04. The lowest BCUT2D eigenvalue weighted by Crippen LogP contribution is -2.13. The van der Waals surface area contributed by atoms with Gasteiger partial charge in [0.1, 0.15) is 0 Å². The van der Waals surface area contributed by atoms with Crippen LogP contribution in [0.25, 0.3) is 11.1 Å². The van der Waals surface area contributed by atoms with Crippen molar-refractivity contribution in [3.8, 4) is 11.1 Å². The minimum Gasteiger partial charge on any atom is -0.368 e. The summed E-state index contributed by atoms with van der Waals surface area (Å²) in [6.45, 7) is 4.05. The van der Waals surface area contributed by atoms with Crippen LogP contribution in [0, 0.1) is 0 Å². The number of carbonyl (C=O) groups excluding carboxylic acids is 1. The second-order valence-electron chi connectivity index (χ2n) is 5.64. The maximum Gasteiger partial charge on any atom is 0.256 e. The van der Waals surface area contributed by atoms with E-state index in [1.807, 2.05) is 32.2 Å². The molecule has 2 aromatic heterocycles. The third-order valence-corrected chi connectivity index (χ3v) is 3.51. The van der Waals surface area contributed by atoms with E-state index < -0.39 is 0 Å². The van der Waals surface area contributed by atoms with Gasteiger partial charge < -0.3 is 11.1 Å². The summed E-state index contributed by atoms with van der Waals surface area (Å²) in [4.78, 5) is 20.4. The Hall–Kier alpha value is -3.22. The number of aromatic nitrogens is 4. The summed E-state index contributed by atoms with van der Waals surface area (Å²) in [6.07, 6.45) is 5.09. The average molecular weight is 322 g/mol. The lowest BCUT2D eigenvalue weighted by Gasteiger charge is -2.06. The highest BCUT2D eigenvalue weighted by Gasteiger charge is 2.10. The molecule has 2 heterocycles. The molecule has 3 N–H and O–H groups in total. The number of nitrogen functional groups attached to an aromatic ring is 1. The van der Waals surface area contributed by atoms with E-state index in [-0.39, 0.29) is 17.9 Å². The van der Waals surface area contributed by atoms with Crippen molar-refractivity contribution in [3.63, 3.8) is 0 Å². The highest BCUT2D eigenvalue weighted by atomic mass is 16.1. The predicted octanol–water partition coefficient (Wildman–Crippen LogP) is 2.76. The Kier molecular flexibility index (Phi) is 4.24. The fraction of sp³-hybridized carbons (Fsp3) is 0.176. The molecule has 0 atom stereocenters. The van der Waals surface area contributed by atoms with Gasteiger partial charge in [0.2, 0.25) is 5.95 Å². The number of rotatable bonds is 4. The zero-order chi connectivity index (χ0) is 17.1. The SMILES string of the molecule is CC(C)n1ccc(NC(=O)c2cccc(-c3cnc(N)nc3)c2)n1. The van der Waals surface area contributed by atoms with Gasteiger partial charge in [0.05, 0.1) is 0 Å². The van der Waals surface area contributed by atoms with Gasteiger partial charge in [0.15, 0.2) is 5.82 Å². The van der Waals surface area contributed by atoms with Gasteiger partial charge in [0.25, 0.3) is 5.91 Å². The van der Waals surface area contributed by atoms with Crippen molar-refractivity contribution in [1.82, 2.24) is 19.7 Å². The van der Waals surface area contributed by atoms with Gasteiger partial charge in [-0.15, -0.1) is 0 Å². The van der Waals surface area contributed by atoms with Crippen LogP contribution in [0.15, 0.2) is 48.9 Å². The second-order valence-corrected chi connectivity index (χ2v) is 5.64. The molecule has 0 aliphatic carbocycles. The van der Waals surface area contributed by atoms with Gasteiger partial charge in [0, 0.05) is 41.8 Å². The highest BCUT2D eigenvalue weighted by Crippen LogP contribution is 2.20. The zero-order valence-electron chi connectivity index (χ0n) is 13.5. The van der Waals surface area contributed by atoms with Crippen LogP contribution in [0.2, 0.25) is 0 Å². The van der Waals surface area contributed by atoms with Crippen molar-refractivity contribution in [2.75, 3.05) is 11.1 Å². The molecule has 3 rings (SSSR count). The number of hydrogen-bond acceptors (Lipinski definition) is 5. The molecule has 0 saturated carbocycles.